The molecule has 1 aromatic heterocycles. The summed E-state index contributed by atoms with van der Waals surface area (Å²) in [6.45, 7) is 7.98. The van der Waals surface area contributed by atoms with E-state index in [4.69, 9.17) is 5.73 Å². The van der Waals surface area contributed by atoms with Crippen LogP contribution >= 0.6 is 22.6 Å². The van der Waals surface area contributed by atoms with E-state index < -0.39 is 0 Å². The number of halogens is 1. The minimum absolute atomic E-state index is 0.589. The zero-order chi connectivity index (χ0) is 20.4. The molecule has 0 bridgehead atoms. The molecule has 0 unspecified atom stereocenters. The van der Waals surface area contributed by atoms with Gasteiger partial charge in [-0.25, -0.2) is 9.97 Å². The number of nitrogens with two attached hydrogens (primary N) is 1. The monoisotopic (exact) mass is 500 g/mol. The van der Waals surface area contributed by atoms with Gasteiger partial charge in [-0.05, 0) is 77.9 Å². The Bertz CT molecular complexity index is 997. The van der Waals surface area contributed by atoms with Crippen molar-refractivity contribution in [1.29, 1.82) is 0 Å². The first kappa shape index (κ1) is 19.8. The van der Waals surface area contributed by atoms with E-state index in [0.717, 1.165) is 37.7 Å². The Morgan fingerprint density at radius 1 is 0.931 bits per heavy atom. The highest BCUT2D eigenvalue weighted by atomic mass is 127. The second-order valence-electron chi connectivity index (χ2n) is 7.28. The predicted octanol–water partition coefficient (Wildman–Crippen LogP) is 4.35. The van der Waals surface area contributed by atoms with Gasteiger partial charge >= 0.3 is 0 Å². The summed E-state index contributed by atoms with van der Waals surface area (Å²) in [4.78, 5) is 13.5. The molecule has 7 heteroatoms. The predicted molar refractivity (Wildman–Crippen MR) is 129 cm³/mol. The summed E-state index contributed by atoms with van der Waals surface area (Å²) in [5.41, 5.74) is 12.0. The minimum Gasteiger partial charge on any atom is -0.393 e. The van der Waals surface area contributed by atoms with Crippen LogP contribution in [0.1, 0.15) is 11.1 Å². The molecular weight excluding hydrogens is 475 g/mol. The van der Waals surface area contributed by atoms with Crippen LogP contribution < -0.4 is 20.9 Å². The number of aryl methyl sites for hydroxylation is 1. The number of nitrogens with zero attached hydrogens (tertiary/aromatic N) is 4. The number of aromatic nitrogens is 2. The van der Waals surface area contributed by atoms with Crippen molar-refractivity contribution in [1.82, 2.24) is 9.97 Å². The summed E-state index contributed by atoms with van der Waals surface area (Å²) < 4.78 is 1.19. The number of hydrogen-bond donors (Lipinski definition) is 2. The average Bonchev–Trinajstić information content (AvgIpc) is 2.73. The SMILES string of the molecule is Cc1cccc(N2CCN(c3ncnc(Nc4ccc(I)cc4)c3N)CC2)c1C. The molecule has 3 N–H and O–H groups in total. The Morgan fingerprint density at radius 2 is 1.62 bits per heavy atom. The number of hydrogen-bond acceptors (Lipinski definition) is 6. The third-order valence-electron chi connectivity index (χ3n) is 5.47. The summed E-state index contributed by atoms with van der Waals surface area (Å²) in [7, 11) is 0. The van der Waals surface area contributed by atoms with Crippen LogP contribution in [0.2, 0.25) is 0 Å². The van der Waals surface area contributed by atoms with Crippen LogP contribution in [0.5, 0.6) is 0 Å². The lowest BCUT2D eigenvalue weighted by Gasteiger charge is -2.38. The zero-order valence-corrected chi connectivity index (χ0v) is 18.8. The second kappa shape index (κ2) is 8.44. The molecule has 0 saturated carbocycles. The van der Waals surface area contributed by atoms with Gasteiger partial charge in [0.1, 0.15) is 12.0 Å². The lowest BCUT2D eigenvalue weighted by atomic mass is 10.1. The molecule has 1 fully saturated rings. The fourth-order valence-corrected chi connectivity index (χ4v) is 4.00. The fourth-order valence-electron chi connectivity index (χ4n) is 3.65. The lowest BCUT2D eigenvalue weighted by molar-refractivity contribution is 0.646. The highest BCUT2D eigenvalue weighted by Crippen LogP contribution is 2.30. The van der Waals surface area contributed by atoms with Gasteiger partial charge in [-0.15, -0.1) is 0 Å². The van der Waals surface area contributed by atoms with Gasteiger partial charge < -0.3 is 20.9 Å². The molecule has 0 amide bonds. The Morgan fingerprint density at radius 3 is 2.34 bits per heavy atom. The van der Waals surface area contributed by atoms with E-state index in [9.17, 15) is 0 Å². The maximum absolute atomic E-state index is 6.44. The number of rotatable bonds is 4. The van der Waals surface area contributed by atoms with Gasteiger partial charge in [0.05, 0.1) is 0 Å². The Kier molecular flexibility index (Phi) is 5.75. The van der Waals surface area contributed by atoms with E-state index in [-0.39, 0.29) is 0 Å². The van der Waals surface area contributed by atoms with Gasteiger partial charge in [-0.1, -0.05) is 12.1 Å². The van der Waals surface area contributed by atoms with Crippen LogP contribution in [0.4, 0.5) is 28.7 Å². The first-order chi connectivity index (χ1) is 14.0. The summed E-state index contributed by atoms with van der Waals surface area (Å²) in [6, 6.07) is 14.6. The summed E-state index contributed by atoms with van der Waals surface area (Å²) in [6.07, 6.45) is 1.58. The van der Waals surface area contributed by atoms with Crippen LogP contribution in [0, 0.1) is 17.4 Å². The summed E-state index contributed by atoms with van der Waals surface area (Å²) in [5.74, 6) is 1.45. The van der Waals surface area contributed by atoms with Crippen LogP contribution in [0.25, 0.3) is 0 Å². The van der Waals surface area contributed by atoms with E-state index in [1.54, 1.807) is 6.33 Å². The smallest absolute Gasteiger partial charge is 0.159 e. The molecule has 1 saturated heterocycles. The highest BCUT2D eigenvalue weighted by Gasteiger charge is 2.22. The van der Waals surface area contributed by atoms with Crippen molar-refractivity contribution in [2.24, 2.45) is 0 Å². The van der Waals surface area contributed by atoms with Gasteiger partial charge in [0.25, 0.3) is 0 Å². The maximum Gasteiger partial charge on any atom is 0.159 e. The third kappa shape index (κ3) is 4.24. The standard InChI is InChI=1S/C22H25IN6/c1-15-4-3-5-19(16(15)2)28-10-12-29(13-11-28)22-20(24)21(25-14-26-22)27-18-8-6-17(23)7-9-18/h3-9,14H,10-13,24H2,1-2H3,(H,25,26,27). The molecule has 2 heterocycles. The first-order valence-corrected chi connectivity index (χ1v) is 10.8. The second-order valence-corrected chi connectivity index (χ2v) is 8.53. The number of nitrogens with one attached hydrogen (secondary N) is 1. The molecular formula is C22H25IN6. The molecule has 150 valence electrons. The van der Waals surface area contributed by atoms with Crippen molar-refractivity contribution in [3.8, 4) is 0 Å². The molecule has 1 aliphatic rings. The number of piperazine rings is 1. The molecule has 4 rings (SSSR count). The topological polar surface area (TPSA) is 70.3 Å². The quantitative estimate of drug-likeness (QED) is 0.520. The molecule has 1 aliphatic heterocycles. The largest absolute Gasteiger partial charge is 0.393 e. The molecule has 0 aliphatic carbocycles. The van der Waals surface area contributed by atoms with Gasteiger partial charge in [-0.2, -0.15) is 0 Å². The molecule has 2 aromatic carbocycles. The summed E-state index contributed by atoms with van der Waals surface area (Å²) >= 11 is 2.29. The maximum atomic E-state index is 6.44. The Labute approximate surface area is 185 Å². The minimum atomic E-state index is 0.589. The molecule has 3 aromatic rings. The summed E-state index contributed by atoms with van der Waals surface area (Å²) in [5, 5.41) is 3.31. The van der Waals surface area contributed by atoms with Crippen molar-refractivity contribution in [2.45, 2.75) is 13.8 Å². The third-order valence-corrected chi connectivity index (χ3v) is 6.18. The normalized spacial score (nSPS) is 14.2. The van der Waals surface area contributed by atoms with Crippen molar-refractivity contribution >= 4 is 51.3 Å². The van der Waals surface area contributed by atoms with Crippen molar-refractivity contribution < 1.29 is 0 Å². The van der Waals surface area contributed by atoms with E-state index in [0.29, 0.717) is 11.5 Å². The van der Waals surface area contributed by atoms with Crippen LogP contribution in [0.3, 0.4) is 0 Å². The highest BCUT2D eigenvalue weighted by molar-refractivity contribution is 14.1. The molecule has 6 nitrogen and oxygen atoms in total. The lowest BCUT2D eigenvalue weighted by Crippen LogP contribution is -2.47. The van der Waals surface area contributed by atoms with Gasteiger partial charge in [-0.3, -0.25) is 0 Å². The number of anilines is 5. The van der Waals surface area contributed by atoms with Crippen LogP contribution in [-0.2, 0) is 0 Å². The van der Waals surface area contributed by atoms with E-state index in [2.05, 4.69) is 79.7 Å². The Balaban J connectivity index is 1.48. The fraction of sp³-hybridized carbons (Fsp3) is 0.273. The Hall–Kier alpha value is -2.55. The van der Waals surface area contributed by atoms with Crippen LogP contribution in [0.15, 0.2) is 48.8 Å². The molecule has 29 heavy (non-hydrogen) atoms. The zero-order valence-electron chi connectivity index (χ0n) is 16.7. The van der Waals surface area contributed by atoms with Crippen molar-refractivity contribution in [3.63, 3.8) is 0 Å². The van der Waals surface area contributed by atoms with E-state index in [1.807, 2.05) is 24.3 Å². The van der Waals surface area contributed by atoms with Crippen molar-refractivity contribution in [3.05, 3.63) is 63.5 Å². The first-order valence-electron chi connectivity index (χ1n) is 9.72. The van der Waals surface area contributed by atoms with E-state index >= 15 is 0 Å². The van der Waals surface area contributed by atoms with Gasteiger partial charge in [0.2, 0.25) is 0 Å². The van der Waals surface area contributed by atoms with Gasteiger partial charge in [0.15, 0.2) is 11.6 Å². The average molecular weight is 500 g/mol. The van der Waals surface area contributed by atoms with Gasteiger partial charge in [0, 0.05) is 41.1 Å². The van der Waals surface area contributed by atoms with Crippen LogP contribution in [-0.4, -0.2) is 36.1 Å². The number of benzene rings is 2. The molecule has 0 radical (unpaired) electrons. The molecule has 0 spiro atoms. The number of nitrogen functional groups attached to an aromatic ring is 1. The molecule has 0 atom stereocenters. The van der Waals surface area contributed by atoms with Crippen molar-refractivity contribution in [2.75, 3.05) is 47.0 Å². The van der Waals surface area contributed by atoms with E-state index in [1.165, 1.54) is 20.4 Å².